The van der Waals surface area contributed by atoms with E-state index in [1.807, 2.05) is 0 Å². The maximum Gasteiger partial charge on any atom is 0.115 e. The van der Waals surface area contributed by atoms with Gasteiger partial charge in [0.05, 0.1) is 0 Å². The lowest BCUT2D eigenvalue weighted by Crippen LogP contribution is -2.02. The van der Waals surface area contributed by atoms with E-state index >= 15 is 0 Å². The van der Waals surface area contributed by atoms with Gasteiger partial charge in [0.15, 0.2) is 0 Å². The van der Waals surface area contributed by atoms with E-state index in [1.165, 1.54) is 53.6 Å². The number of nitrogens with zero attached hydrogens (tertiary/aromatic N) is 2. The van der Waals surface area contributed by atoms with Gasteiger partial charge in [0.25, 0.3) is 0 Å². The highest BCUT2D eigenvalue weighted by atomic mass is 14.8. The summed E-state index contributed by atoms with van der Waals surface area (Å²) in [5.41, 5.74) is 3.17. The van der Waals surface area contributed by atoms with Crippen LogP contribution in [0, 0.1) is 0 Å². The molecule has 1 aromatic heterocycles. The predicted molar refractivity (Wildman–Crippen MR) is 100 cm³/mol. The molecule has 4 aromatic rings. The lowest BCUT2D eigenvalue weighted by Gasteiger charge is -2.18. The molecule has 0 saturated heterocycles. The van der Waals surface area contributed by atoms with Gasteiger partial charge >= 0.3 is 0 Å². The molecule has 0 bridgehead atoms. The van der Waals surface area contributed by atoms with Crippen LogP contribution in [0.15, 0.2) is 73.3 Å². The van der Waals surface area contributed by atoms with Crippen LogP contribution in [0.4, 0.5) is 0 Å². The first kappa shape index (κ1) is 14.8. The van der Waals surface area contributed by atoms with Crippen LogP contribution in [-0.4, -0.2) is 9.97 Å². The molecule has 0 unspecified atom stereocenters. The van der Waals surface area contributed by atoms with Gasteiger partial charge in [-0.3, -0.25) is 0 Å². The number of aryl methyl sites for hydroxylation is 2. The average molecular weight is 312 g/mol. The first-order chi connectivity index (χ1) is 11.9. The van der Waals surface area contributed by atoms with Gasteiger partial charge in [-0.1, -0.05) is 48.5 Å². The van der Waals surface area contributed by atoms with Crippen LogP contribution in [0.5, 0.6) is 0 Å². The summed E-state index contributed by atoms with van der Waals surface area (Å²) in [6.45, 7) is 0. The quantitative estimate of drug-likeness (QED) is 0.409. The van der Waals surface area contributed by atoms with Gasteiger partial charge in [-0.15, -0.1) is 0 Å². The van der Waals surface area contributed by atoms with Crippen molar-refractivity contribution in [1.29, 1.82) is 0 Å². The molecule has 2 nitrogen and oxygen atoms in total. The first-order valence-corrected chi connectivity index (χ1v) is 8.56. The van der Waals surface area contributed by atoms with Crippen molar-refractivity contribution in [2.45, 2.75) is 25.7 Å². The zero-order valence-electron chi connectivity index (χ0n) is 13.7. The number of hydrogen-bond donors (Lipinski definition) is 0. The van der Waals surface area contributed by atoms with Gasteiger partial charge in [-0.05, 0) is 64.4 Å². The Hall–Kier alpha value is -2.74. The molecule has 0 atom stereocenters. The first-order valence-electron chi connectivity index (χ1n) is 8.56. The van der Waals surface area contributed by atoms with E-state index in [-0.39, 0.29) is 0 Å². The van der Waals surface area contributed by atoms with Crippen molar-refractivity contribution in [3.63, 3.8) is 0 Å². The third-order valence-electron chi connectivity index (χ3n) is 4.74. The Morgan fingerprint density at radius 3 is 2.21 bits per heavy atom. The molecule has 2 heteroatoms. The largest absolute Gasteiger partial charge is 0.245 e. The van der Waals surface area contributed by atoms with Gasteiger partial charge in [-0.2, -0.15) is 0 Å². The molecule has 0 fully saturated rings. The highest BCUT2D eigenvalue weighted by Crippen LogP contribution is 2.33. The number of hydrogen-bond acceptors (Lipinski definition) is 2. The van der Waals surface area contributed by atoms with Crippen molar-refractivity contribution < 1.29 is 0 Å². The minimum absolute atomic E-state index is 1.25. The minimum atomic E-state index is 1.25. The Labute approximate surface area is 142 Å². The lowest BCUT2D eigenvalue weighted by atomic mass is 9.86. The summed E-state index contributed by atoms with van der Waals surface area (Å²) in [4.78, 5) is 7.35. The Balaban J connectivity index is 0.000000207. The molecule has 1 heterocycles. The Kier molecular flexibility index (Phi) is 4.20. The number of benzene rings is 3. The van der Waals surface area contributed by atoms with Gasteiger partial charge in [0, 0.05) is 12.4 Å². The van der Waals surface area contributed by atoms with E-state index in [0.29, 0.717) is 0 Å². The van der Waals surface area contributed by atoms with E-state index in [0.717, 1.165) is 0 Å². The van der Waals surface area contributed by atoms with Gasteiger partial charge in [0.1, 0.15) is 6.33 Å². The number of aromatic nitrogens is 2. The maximum atomic E-state index is 3.67. The molecule has 0 spiro atoms. The summed E-state index contributed by atoms with van der Waals surface area (Å²) in [6.07, 6.45) is 10.1. The van der Waals surface area contributed by atoms with Crippen molar-refractivity contribution in [3.8, 4) is 0 Å². The van der Waals surface area contributed by atoms with Crippen LogP contribution in [0.25, 0.3) is 21.5 Å². The van der Waals surface area contributed by atoms with E-state index in [9.17, 15) is 0 Å². The van der Waals surface area contributed by atoms with E-state index in [1.54, 1.807) is 29.6 Å². The summed E-state index contributed by atoms with van der Waals surface area (Å²) in [6, 6.07) is 19.7. The Morgan fingerprint density at radius 1 is 0.625 bits per heavy atom. The predicted octanol–water partition coefficient (Wildman–Crippen LogP) is 5.35. The zero-order valence-corrected chi connectivity index (χ0v) is 13.7. The molecule has 0 radical (unpaired) electrons. The van der Waals surface area contributed by atoms with E-state index in [2.05, 4.69) is 58.5 Å². The molecule has 0 N–H and O–H groups in total. The van der Waals surface area contributed by atoms with Crippen LogP contribution in [0.1, 0.15) is 24.0 Å². The Bertz CT molecular complexity index is 935. The van der Waals surface area contributed by atoms with E-state index in [4.69, 9.17) is 0 Å². The summed E-state index contributed by atoms with van der Waals surface area (Å²) >= 11 is 0. The fourth-order valence-electron chi connectivity index (χ4n) is 3.60. The van der Waals surface area contributed by atoms with Gasteiger partial charge in [-0.25, -0.2) is 9.97 Å². The van der Waals surface area contributed by atoms with Crippen LogP contribution in [-0.2, 0) is 12.8 Å². The summed E-state index contributed by atoms with van der Waals surface area (Å²) in [7, 11) is 0. The molecule has 5 rings (SSSR count). The second kappa shape index (κ2) is 6.79. The lowest BCUT2D eigenvalue weighted by molar-refractivity contribution is 0.690. The molecular weight excluding hydrogens is 292 g/mol. The summed E-state index contributed by atoms with van der Waals surface area (Å²) in [5, 5.41) is 5.64. The highest BCUT2D eigenvalue weighted by Gasteiger charge is 2.13. The smallest absolute Gasteiger partial charge is 0.115 e. The van der Waals surface area contributed by atoms with Gasteiger partial charge in [0.2, 0.25) is 0 Å². The second-order valence-corrected chi connectivity index (χ2v) is 6.20. The normalized spacial score (nSPS) is 13.2. The van der Waals surface area contributed by atoms with Crippen LogP contribution >= 0.6 is 0 Å². The number of fused-ring (bicyclic) bond motifs is 5. The average Bonchev–Trinajstić information content (AvgIpc) is 2.69. The van der Waals surface area contributed by atoms with Crippen molar-refractivity contribution in [1.82, 2.24) is 9.97 Å². The SMILES string of the molecule is c1ccc2c(c1)ccc1c3c(ccc12)CCCC3.c1cncnc1. The molecule has 0 amide bonds. The Morgan fingerprint density at radius 2 is 1.42 bits per heavy atom. The van der Waals surface area contributed by atoms with Crippen molar-refractivity contribution >= 4 is 21.5 Å². The van der Waals surface area contributed by atoms with Crippen LogP contribution in [0.2, 0.25) is 0 Å². The highest BCUT2D eigenvalue weighted by molar-refractivity contribution is 6.08. The number of rotatable bonds is 0. The monoisotopic (exact) mass is 312 g/mol. The van der Waals surface area contributed by atoms with E-state index < -0.39 is 0 Å². The minimum Gasteiger partial charge on any atom is -0.245 e. The molecule has 24 heavy (non-hydrogen) atoms. The fraction of sp³-hybridized carbons (Fsp3) is 0.182. The third-order valence-corrected chi connectivity index (χ3v) is 4.74. The molecule has 1 aliphatic rings. The van der Waals surface area contributed by atoms with Crippen molar-refractivity contribution in [2.75, 3.05) is 0 Å². The molecule has 0 saturated carbocycles. The molecular formula is C22H20N2. The van der Waals surface area contributed by atoms with Crippen molar-refractivity contribution in [2.24, 2.45) is 0 Å². The van der Waals surface area contributed by atoms with Gasteiger partial charge < -0.3 is 0 Å². The fourth-order valence-corrected chi connectivity index (χ4v) is 3.60. The molecule has 0 aliphatic heterocycles. The topological polar surface area (TPSA) is 25.8 Å². The maximum absolute atomic E-state index is 3.67. The zero-order chi connectivity index (χ0) is 16.2. The standard InChI is InChI=1S/C18H16.C4H4N2/c1-3-7-15-13(5-1)9-11-18-16-8-4-2-6-14(16)10-12-17(15)18;1-2-5-4-6-3-1/h1,3,5,7,9-12H,2,4,6,8H2;1-4H. The molecule has 3 aromatic carbocycles. The second-order valence-electron chi connectivity index (χ2n) is 6.20. The third kappa shape index (κ3) is 2.88. The van der Waals surface area contributed by atoms with Crippen molar-refractivity contribution in [3.05, 3.63) is 84.4 Å². The van der Waals surface area contributed by atoms with Crippen LogP contribution < -0.4 is 0 Å². The summed E-state index contributed by atoms with van der Waals surface area (Å²) < 4.78 is 0. The molecule has 118 valence electrons. The van der Waals surface area contributed by atoms with Crippen LogP contribution in [0.3, 0.4) is 0 Å². The molecule has 1 aliphatic carbocycles. The summed E-state index contributed by atoms with van der Waals surface area (Å²) in [5.74, 6) is 0.